The van der Waals surface area contributed by atoms with Crippen LogP contribution in [0.1, 0.15) is 18.4 Å². The van der Waals surface area contributed by atoms with Gasteiger partial charge in [-0.15, -0.1) is 0 Å². The van der Waals surface area contributed by atoms with Gasteiger partial charge in [-0.25, -0.2) is 8.42 Å². The fourth-order valence-corrected chi connectivity index (χ4v) is 4.41. The van der Waals surface area contributed by atoms with E-state index in [4.69, 9.17) is 16.7 Å². The molecule has 1 fully saturated rings. The number of piperidine rings is 1. The average Bonchev–Trinajstić information content (AvgIpc) is 2.38. The first-order chi connectivity index (χ1) is 9.32. The molecule has 20 heavy (non-hydrogen) atoms. The van der Waals surface area contributed by atoms with Crippen molar-refractivity contribution in [2.45, 2.75) is 24.7 Å². The fourth-order valence-electron chi connectivity index (χ4n) is 2.32. The summed E-state index contributed by atoms with van der Waals surface area (Å²) in [5, 5.41) is 9.20. The summed E-state index contributed by atoms with van der Waals surface area (Å²) in [4.78, 5) is 11.1. The van der Waals surface area contributed by atoms with Gasteiger partial charge in [0.15, 0.2) is 0 Å². The minimum absolute atomic E-state index is 0.00186. The Kier molecular flexibility index (Phi) is 4.36. The molecule has 1 aromatic carbocycles. The van der Waals surface area contributed by atoms with E-state index in [9.17, 15) is 13.2 Å². The second-order valence-corrected chi connectivity index (χ2v) is 7.29. The van der Waals surface area contributed by atoms with Gasteiger partial charge in [0.05, 0.1) is 10.9 Å². The summed E-state index contributed by atoms with van der Waals surface area (Å²) in [5.74, 6) is -1.61. The average molecular weight is 318 g/mol. The van der Waals surface area contributed by atoms with Crippen LogP contribution in [-0.2, 0) is 14.8 Å². The maximum atomic E-state index is 12.5. The van der Waals surface area contributed by atoms with Gasteiger partial charge in [0.1, 0.15) is 4.90 Å². The summed E-state index contributed by atoms with van der Waals surface area (Å²) in [6.45, 7) is 2.15. The third-order valence-corrected chi connectivity index (χ3v) is 5.79. The summed E-state index contributed by atoms with van der Waals surface area (Å²) in [5.41, 5.74) is 0.871. The van der Waals surface area contributed by atoms with Gasteiger partial charge in [-0.3, -0.25) is 4.79 Å². The van der Waals surface area contributed by atoms with Crippen LogP contribution in [0.15, 0.2) is 23.1 Å². The first-order valence-electron chi connectivity index (χ1n) is 6.31. The first kappa shape index (κ1) is 15.3. The Labute approximate surface area is 123 Å². The van der Waals surface area contributed by atoms with E-state index >= 15 is 0 Å². The molecule has 1 atom stereocenters. The molecule has 0 spiro atoms. The standard InChI is InChI=1S/C13H16ClNO4S/c1-9-4-5-12(11(14)7-9)20(18,19)15-6-2-3-10(8-15)13(16)17/h4-5,7,10H,2-3,6,8H2,1H3,(H,16,17)/t10-/m1/s1. The molecule has 0 bridgehead atoms. The lowest BCUT2D eigenvalue weighted by Gasteiger charge is -2.30. The first-order valence-corrected chi connectivity index (χ1v) is 8.13. The maximum absolute atomic E-state index is 12.5. The molecule has 0 aromatic heterocycles. The molecule has 1 aliphatic heterocycles. The summed E-state index contributed by atoms with van der Waals surface area (Å²) in [7, 11) is -3.74. The number of benzene rings is 1. The van der Waals surface area contributed by atoms with E-state index in [0.29, 0.717) is 19.4 Å². The molecule has 0 unspecified atom stereocenters. The molecule has 5 nitrogen and oxygen atoms in total. The summed E-state index contributed by atoms with van der Waals surface area (Å²) in [6, 6.07) is 4.74. The molecule has 0 amide bonds. The van der Waals surface area contributed by atoms with Crippen molar-refractivity contribution >= 4 is 27.6 Å². The van der Waals surface area contributed by atoms with E-state index in [1.807, 2.05) is 6.92 Å². The SMILES string of the molecule is Cc1ccc(S(=O)(=O)N2CCC[C@@H](C(=O)O)C2)c(Cl)c1. The molecule has 1 aromatic rings. The van der Waals surface area contributed by atoms with Crippen LogP contribution >= 0.6 is 11.6 Å². The number of carboxylic acids is 1. The summed E-state index contributed by atoms with van der Waals surface area (Å²) < 4.78 is 26.3. The number of carbonyl (C=O) groups is 1. The third kappa shape index (κ3) is 2.97. The van der Waals surface area contributed by atoms with Gasteiger partial charge in [-0.2, -0.15) is 4.31 Å². The highest BCUT2D eigenvalue weighted by molar-refractivity contribution is 7.89. The molecule has 1 aliphatic rings. The van der Waals surface area contributed by atoms with E-state index in [1.165, 1.54) is 10.4 Å². The zero-order valence-electron chi connectivity index (χ0n) is 11.0. The molecule has 1 N–H and O–H groups in total. The summed E-state index contributed by atoms with van der Waals surface area (Å²) >= 11 is 6.01. The minimum atomic E-state index is -3.74. The molecule has 110 valence electrons. The van der Waals surface area contributed by atoms with Crippen molar-refractivity contribution in [3.05, 3.63) is 28.8 Å². The monoisotopic (exact) mass is 317 g/mol. The van der Waals surface area contributed by atoms with Crippen LogP contribution in [0.2, 0.25) is 5.02 Å². The Morgan fingerprint density at radius 3 is 2.75 bits per heavy atom. The Morgan fingerprint density at radius 1 is 1.45 bits per heavy atom. The van der Waals surface area contributed by atoms with E-state index in [-0.39, 0.29) is 16.5 Å². The molecule has 1 heterocycles. The number of nitrogens with zero attached hydrogens (tertiary/aromatic N) is 1. The molecular formula is C13H16ClNO4S. The number of hydrogen-bond donors (Lipinski definition) is 1. The van der Waals surface area contributed by atoms with E-state index in [1.54, 1.807) is 12.1 Å². The number of halogens is 1. The third-order valence-electron chi connectivity index (χ3n) is 3.44. The Balaban J connectivity index is 2.32. The highest BCUT2D eigenvalue weighted by Gasteiger charge is 2.34. The Hall–Kier alpha value is -1.11. The van der Waals surface area contributed by atoms with E-state index in [2.05, 4.69) is 0 Å². The van der Waals surface area contributed by atoms with Crippen LogP contribution in [0.5, 0.6) is 0 Å². The zero-order chi connectivity index (χ0) is 14.9. The lowest BCUT2D eigenvalue weighted by Crippen LogP contribution is -2.42. The zero-order valence-corrected chi connectivity index (χ0v) is 12.6. The smallest absolute Gasteiger partial charge is 0.307 e. The quantitative estimate of drug-likeness (QED) is 0.926. The highest BCUT2D eigenvalue weighted by Crippen LogP contribution is 2.28. The molecular weight excluding hydrogens is 302 g/mol. The highest BCUT2D eigenvalue weighted by atomic mass is 35.5. The second-order valence-electron chi connectivity index (χ2n) is 4.97. The van der Waals surface area contributed by atoms with Crippen LogP contribution in [-0.4, -0.2) is 36.9 Å². The lowest BCUT2D eigenvalue weighted by molar-refractivity contribution is -0.142. The van der Waals surface area contributed by atoms with Gasteiger partial charge >= 0.3 is 5.97 Å². The number of rotatable bonds is 3. The predicted molar refractivity (Wildman–Crippen MR) is 75.3 cm³/mol. The fraction of sp³-hybridized carbons (Fsp3) is 0.462. The van der Waals surface area contributed by atoms with Gasteiger partial charge in [-0.1, -0.05) is 17.7 Å². The van der Waals surface area contributed by atoms with Gasteiger partial charge in [-0.05, 0) is 37.5 Å². The number of carboxylic acid groups (broad SMARTS) is 1. The van der Waals surface area contributed by atoms with Crippen LogP contribution < -0.4 is 0 Å². The molecule has 7 heteroatoms. The van der Waals surface area contributed by atoms with Crippen LogP contribution in [0, 0.1) is 12.8 Å². The minimum Gasteiger partial charge on any atom is -0.481 e. The Bertz CT molecular complexity index is 629. The lowest BCUT2D eigenvalue weighted by atomic mass is 10.0. The molecule has 1 saturated heterocycles. The molecule has 0 radical (unpaired) electrons. The largest absolute Gasteiger partial charge is 0.481 e. The summed E-state index contributed by atoms with van der Waals surface area (Å²) in [6.07, 6.45) is 1.04. The normalized spacial score (nSPS) is 20.8. The van der Waals surface area contributed by atoms with Crippen molar-refractivity contribution in [1.82, 2.24) is 4.31 Å². The second kappa shape index (κ2) is 5.71. The topological polar surface area (TPSA) is 74.7 Å². The number of aliphatic carboxylic acids is 1. The predicted octanol–water partition coefficient (Wildman–Crippen LogP) is 2.13. The van der Waals surface area contributed by atoms with Crippen LogP contribution in [0.25, 0.3) is 0 Å². The van der Waals surface area contributed by atoms with Crippen molar-refractivity contribution in [3.8, 4) is 0 Å². The molecule has 2 rings (SSSR count). The van der Waals surface area contributed by atoms with Gasteiger partial charge in [0, 0.05) is 13.1 Å². The van der Waals surface area contributed by atoms with Crippen LogP contribution in [0.3, 0.4) is 0 Å². The van der Waals surface area contributed by atoms with Crippen molar-refractivity contribution < 1.29 is 18.3 Å². The van der Waals surface area contributed by atoms with E-state index < -0.39 is 21.9 Å². The maximum Gasteiger partial charge on any atom is 0.307 e. The number of aryl methyl sites for hydroxylation is 1. The van der Waals surface area contributed by atoms with E-state index in [0.717, 1.165) is 5.56 Å². The number of hydrogen-bond acceptors (Lipinski definition) is 3. The van der Waals surface area contributed by atoms with Crippen molar-refractivity contribution in [1.29, 1.82) is 0 Å². The molecule has 0 saturated carbocycles. The van der Waals surface area contributed by atoms with Crippen LogP contribution in [0.4, 0.5) is 0 Å². The van der Waals surface area contributed by atoms with Crippen molar-refractivity contribution in [3.63, 3.8) is 0 Å². The van der Waals surface area contributed by atoms with Crippen molar-refractivity contribution in [2.75, 3.05) is 13.1 Å². The van der Waals surface area contributed by atoms with Crippen molar-refractivity contribution in [2.24, 2.45) is 5.92 Å². The Morgan fingerprint density at radius 2 is 2.15 bits per heavy atom. The molecule has 0 aliphatic carbocycles. The van der Waals surface area contributed by atoms with Gasteiger partial charge < -0.3 is 5.11 Å². The van der Waals surface area contributed by atoms with Gasteiger partial charge in [0.2, 0.25) is 10.0 Å². The number of sulfonamides is 1. The van der Waals surface area contributed by atoms with Gasteiger partial charge in [0.25, 0.3) is 0 Å².